The van der Waals surface area contributed by atoms with Crippen LogP contribution in [0.25, 0.3) is 0 Å². The largest absolute Gasteiger partial charge is 0.297 e. The van der Waals surface area contributed by atoms with E-state index in [1.54, 1.807) is 12.1 Å². The van der Waals surface area contributed by atoms with Crippen molar-refractivity contribution in [2.24, 2.45) is 0 Å². The molecule has 6 heteroatoms. The molecule has 0 fully saturated rings. The lowest BCUT2D eigenvalue weighted by atomic mass is 10.2. The summed E-state index contributed by atoms with van der Waals surface area (Å²) in [4.78, 5) is 13.7. The maximum atomic E-state index is 12.3. The lowest BCUT2D eigenvalue weighted by Crippen LogP contribution is -2.42. The molecule has 5 nitrogen and oxygen atoms in total. The van der Waals surface area contributed by atoms with E-state index >= 15 is 0 Å². The van der Waals surface area contributed by atoms with Crippen LogP contribution in [0.1, 0.15) is 45.0 Å². The minimum absolute atomic E-state index is 0.126. The topological polar surface area (TPSA) is 66.5 Å². The van der Waals surface area contributed by atoms with Gasteiger partial charge < -0.3 is 0 Å². The average molecular weight is 326 g/mol. The van der Waals surface area contributed by atoms with Crippen LogP contribution >= 0.6 is 0 Å². The molecule has 0 saturated heterocycles. The van der Waals surface area contributed by atoms with Crippen molar-refractivity contribution in [2.45, 2.75) is 51.6 Å². The van der Waals surface area contributed by atoms with E-state index < -0.39 is 10.0 Å². The summed E-state index contributed by atoms with van der Waals surface area (Å²) in [5, 5.41) is 0. The first-order chi connectivity index (χ1) is 10.1. The number of nitrogens with zero attached hydrogens (tertiary/aromatic N) is 1. The fraction of sp³-hybridized carbons (Fsp3) is 0.562. The van der Waals surface area contributed by atoms with Gasteiger partial charge in [-0.1, -0.05) is 12.1 Å². The van der Waals surface area contributed by atoms with Crippen molar-refractivity contribution in [2.75, 3.05) is 13.1 Å². The molecule has 0 aliphatic carbocycles. The average Bonchev–Trinajstić information content (AvgIpc) is 2.42. The Morgan fingerprint density at radius 2 is 1.77 bits per heavy atom. The van der Waals surface area contributed by atoms with Crippen LogP contribution in [0, 0.1) is 0 Å². The van der Waals surface area contributed by atoms with Crippen LogP contribution in [-0.2, 0) is 10.0 Å². The summed E-state index contributed by atoms with van der Waals surface area (Å²) in [6.45, 7) is 10.7. The molecule has 1 aromatic rings. The second-order valence-corrected chi connectivity index (χ2v) is 7.67. The van der Waals surface area contributed by atoms with Gasteiger partial charge in [-0.2, -0.15) is 0 Å². The fourth-order valence-corrected chi connectivity index (χ4v) is 3.45. The smallest absolute Gasteiger partial charge is 0.240 e. The molecule has 0 spiro atoms. The maximum Gasteiger partial charge on any atom is 0.240 e. The van der Waals surface area contributed by atoms with Gasteiger partial charge in [0.1, 0.15) is 0 Å². The van der Waals surface area contributed by atoms with Gasteiger partial charge in [-0.3, -0.25) is 9.69 Å². The highest BCUT2D eigenvalue weighted by Gasteiger charge is 2.17. The fourth-order valence-electron chi connectivity index (χ4n) is 2.39. The molecule has 0 aromatic heterocycles. The Morgan fingerprint density at radius 3 is 2.27 bits per heavy atom. The lowest BCUT2D eigenvalue weighted by molar-refractivity contribution is 0.101. The summed E-state index contributed by atoms with van der Waals surface area (Å²) in [5.74, 6) is -0.150. The Kier molecular flexibility index (Phi) is 6.71. The van der Waals surface area contributed by atoms with Crippen molar-refractivity contribution in [1.82, 2.24) is 9.62 Å². The molecule has 0 aliphatic rings. The second kappa shape index (κ2) is 7.85. The van der Waals surface area contributed by atoms with Crippen molar-refractivity contribution >= 4 is 15.8 Å². The summed E-state index contributed by atoms with van der Waals surface area (Å²) in [6, 6.07) is 6.81. The third-order valence-corrected chi connectivity index (χ3v) is 5.00. The van der Waals surface area contributed by atoms with E-state index in [4.69, 9.17) is 0 Å². The van der Waals surface area contributed by atoms with Crippen molar-refractivity contribution in [3.8, 4) is 0 Å². The van der Waals surface area contributed by atoms with Crippen molar-refractivity contribution < 1.29 is 13.2 Å². The van der Waals surface area contributed by atoms with E-state index in [1.165, 1.54) is 19.1 Å². The van der Waals surface area contributed by atoms with E-state index in [9.17, 15) is 13.2 Å². The second-order valence-electron chi connectivity index (χ2n) is 5.91. The lowest BCUT2D eigenvalue weighted by Gasteiger charge is -2.30. The van der Waals surface area contributed by atoms with Crippen LogP contribution in [0.3, 0.4) is 0 Å². The first-order valence-corrected chi connectivity index (χ1v) is 9.00. The van der Waals surface area contributed by atoms with E-state index in [0.29, 0.717) is 30.7 Å². The highest BCUT2D eigenvalue weighted by Crippen LogP contribution is 2.12. The van der Waals surface area contributed by atoms with Gasteiger partial charge in [0.25, 0.3) is 0 Å². The number of carbonyl (C=O) groups is 1. The molecule has 0 amide bonds. The summed E-state index contributed by atoms with van der Waals surface area (Å²) in [7, 11) is -3.59. The highest BCUT2D eigenvalue weighted by atomic mass is 32.2. The third kappa shape index (κ3) is 5.19. The predicted molar refractivity (Wildman–Crippen MR) is 88.6 cm³/mol. The number of hydrogen-bond acceptors (Lipinski definition) is 4. The van der Waals surface area contributed by atoms with E-state index in [-0.39, 0.29) is 10.7 Å². The highest BCUT2D eigenvalue weighted by molar-refractivity contribution is 7.89. The van der Waals surface area contributed by atoms with Crippen molar-refractivity contribution in [3.63, 3.8) is 0 Å². The van der Waals surface area contributed by atoms with Crippen LogP contribution in [0.4, 0.5) is 0 Å². The van der Waals surface area contributed by atoms with Gasteiger partial charge in [-0.25, -0.2) is 13.1 Å². The molecule has 124 valence electrons. The molecule has 0 unspecified atom stereocenters. The van der Waals surface area contributed by atoms with Crippen molar-refractivity contribution in [3.05, 3.63) is 29.8 Å². The van der Waals surface area contributed by atoms with Gasteiger partial charge in [0.2, 0.25) is 10.0 Å². The monoisotopic (exact) mass is 326 g/mol. The Morgan fingerprint density at radius 1 is 1.18 bits per heavy atom. The zero-order valence-electron chi connectivity index (χ0n) is 14.0. The Bertz CT molecular complexity index is 602. The van der Waals surface area contributed by atoms with Gasteiger partial charge >= 0.3 is 0 Å². The number of rotatable bonds is 8. The van der Waals surface area contributed by atoms with Gasteiger partial charge in [-0.15, -0.1) is 0 Å². The number of ketones is 1. The van der Waals surface area contributed by atoms with Crippen LogP contribution in [-0.4, -0.2) is 44.3 Å². The van der Waals surface area contributed by atoms with Gasteiger partial charge in [0, 0.05) is 30.7 Å². The molecule has 0 aliphatic heterocycles. The van der Waals surface area contributed by atoms with Crippen LogP contribution in [0.2, 0.25) is 0 Å². The number of Topliss-reactive ketones (excluding diaryl/α,β-unsaturated/α-hetero) is 1. The number of benzene rings is 1. The third-order valence-electron chi connectivity index (χ3n) is 3.54. The van der Waals surface area contributed by atoms with E-state index in [2.05, 4.69) is 37.3 Å². The SMILES string of the molecule is CC(=O)c1cccc(S(=O)(=O)NCCN(C(C)C)C(C)C)c1. The molecule has 0 atom stereocenters. The molecule has 0 radical (unpaired) electrons. The predicted octanol–water partition coefficient (Wildman–Crippen LogP) is 2.29. The molecule has 1 N–H and O–H groups in total. The molecule has 22 heavy (non-hydrogen) atoms. The van der Waals surface area contributed by atoms with Crippen LogP contribution in [0.5, 0.6) is 0 Å². The number of carbonyl (C=O) groups excluding carboxylic acids is 1. The molecule has 1 rings (SSSR count). The Hall–Kier alpha value is -1.24. The molecule has 0 saturated carbocycles. The quantitative estimate of drug-likeness (QED) is 0.744. The maximum absolute atomic E-state index is 12.3. The normalized spacial score (nSPS) is 12.4. The molecular formula is C16H26N2O3S. The minimum atomic E-state index is -3.59. The zero-order valence-corrected chi connectivity index (χ0v) is 14.8. The molecular weight excluding hydrogens is 300 g/mol. The van der Waals surface area contributed by atoms with Crippen LogP contribution in [0.15, 0.2) is 29.2 Å². The molecule has 1 aromatic carbocycles. The minimum Gasteiger partial charge on any atom is -0.297 e. The first-order valence-electron chi connectivity index (χ1n) is 7.51. The first kappa shape index (κ1) is 18.8. The number of nitrogens with one attached hydrogen (secondary N) is 1. The summed E-state index contributed by atoms with van der Waals surface area (Å²) in [6.07, 6.45) is 0. The zero-order chi connectivity index (χ0) is 16.9. The van der Waals surface area contributed by atoms with E-state index in [0.717, 1.165) is 0 Å². The Balaban J connectivity index is 2.76. The summed E-state index contributed by atoms with van der Waals surface area (Å²) < 4.78 is 27.2. The summed E-state index contributed by atoms with van der Waals surface area (Å²) >= 11 is 0. The standard InChI is InChI=1S/C16H26N2O3S/c1-12(2)18(13(3)4)10-9-17-22(20,21)16-8-6-7-15(11-16)14(5)19/h6-8,11-13,17H,9-10H2,1-5H3. The summed E-state index contributed by atoms with van der Waals surface area (Å²) in [5.41, 5.74) is 0.397. The number of hydrogen-bond donors (Lipinski definition) is 1. The number of sulfonamides is 1. The van der Waals surface area contributed by atoms with E-state index in [1.807, 2.05) is 0 Å². The van der Waals surface area contributed by atoms with Crippen LogP contribution < -0.4 is 4.72 Å². The van der Waals surface area contributed by atoms with Gasteiger partial charge in [0.05, 0.1) is 4.90 Å². The molecule has 0 bridgehead atoms. The Labute approximate surface area is 133 Å². The van der Waals surface area contributed by atoms with Gasteiger partial charge in [-0.05, 0) is 46.8 Å². The van der Waals surface area contributed by atoms with Gasteiger partial charge in [0.15, 0.2) is 5.78 Å². The van der Waals surface area contributed by atoms with Crippen molar-refractivity contribution in [1.29, 1.82) is 0 Å². The molecule has 0 heterocycles.